The molecule has 0 aliphatic carbocycles. The maximum Gasteiger partial charge on any atom is 0.513 e. The smallest absolute Gasteiger partial charge is 0.434 e. The van der Waals surface area contributed by atoms with Crippen molar-refractivity contribution in [3.63, 3.8) is 0 Å². The lowest BCUT2D eigenvalue weighted by molar-refractivity contribution is 0.0972. The van der Waals surface area contributed by atoms with E-state index < -0.39 is 11.4 Å². The minimum atomic E-state index is -0.677. The Balaban J connectivity index is 1.71. The molecule has 0 aromatic heterocycles. The van der Waals surface area contributed by atoms with E-state index in [0.717, 1.165) is 24.0 Å². The first kappa shape index (κ1) is 22.0. The van der Waals surface area contributed by atoms with Crippen molar-refractivity contribution in [3.05, 3.63) is 54.1 Å². The molecule has 0 aliphatic heterocycles. The zero-order valence-electron chi connectivity index (χ0n) is 16.3. The van der Waals surface area contributed by atoms with Crippen LogP contribution in [-0.2, 0) is 4.74 Å². The molecule has 150 valence electrons. The maximum absolute atomic E-state index is 11.8. The minimum Gasteiger partial charge on any atom is -0.434 e. The normalized spacial score (nSPS) is 10.5. The summed E-state index contributed by atoms with van der Waals surface area (Å²) in [6.45, 7) is 2.59. The second-order valence-electron chi connectivity index (χ2n) is 6.70. The molecule has 0 unspecified atom stereocenters. The van der Waals surface area contributed by atoms with Gasteiger partial charge in [0, 0.05) is 5.56 Å². The first-order chi connectivity index (χ1) is 13.6. The number of halogens is 1. The van der Waals surface area contributed by atoms with Crippen LogP contribution in [0.3, 0.4) is 0 Å². The number of ether oxygens (including phenoxy) is 2. The maximum atomic E-state index is 11.8. The topological polar surface area (TPSA) is 52.6 Å². The lowest BCUT2D eigenvalue weighted by atomic mass is 10.0. The van der Waals surface area contributed by atoms with Crippen molar-refractivity contribution in [2.24, 2.45) is 0 Å². The van der Waals surface area contributed by atoms with E-state index >= 15 is 0 Å². The summed E-state index contributed by atoms with van der Waals surface area (Å²) in [5.41, 5.74) is 2.33. The molecule has 0 radical (unpaired) electrons. The van der Waals surface area contributed by atoms with Gasteiger partial charge in [-0.25, -0.2) is 4.79 Å². The van der Waals surface area contributed by atoms with Crippen molar-refractivity contribution in [3.8, 4) is 16.9 Å². The van der Waals surface area contributed by atoms with Crippen LogP contribution in [0.2, 0.25) is 0 Å². The Labute approximate surface area is 171 Å². The third kappa shape index (κ3) is 7.73. The van der Waals surface area contributed by atoms with Crippen LogP contribution in [0.1, 0.15) is 62.2 Å². The Morgan fingerprint density at radius 1 is 0.786 bits per heavy atom. The largest absolute Gasteiger partial charge is 0.513 e. The molecule has 0 spiro atoms. The Morgan fingerprint density at radius 2 is 1.32 bits per heavy atom. The van der Waals surface area contributed by atoms with E-state index in [1.807, 2.05) is 24.3 Å². The van der Waals surface area contributed by atoms with Crippen molar-refractivity contribution >= 4 is 23.0 Å². The van der Waals surface area contributed by atoms with Gasteiger partial charge in [-0.05, 0) is 53.4 Å². The highest BCUT2D eigenvalue weighted by Crippen LogP contribution is 2.23. The molecule has 0 saturated heterocycles. The van der Waals surface area contributed by atoms with Crippen LogP contribution in [0.25, 0.3) is 11.1 Å². The monoisotopic (exact) mass is 402 g/mol. The fraction of sp³-hybridized carbons (Fsp3) is 0.391. The summed E-state index contributed by atoms with van der Waals surface area (Å²) in [6, 6.07) is 14.1. The SMILES string of the molecule is CCCCCCCCCOC(=O)Oc1ccc(-c2ccc(C(=O)Cl)cc2)cc1. The van der Waals surface area contributed by atoms with E-state index in [0.29, 0.717) is 17.9 Å². The number of carbonyl (C=O) groups excluding carboxylic acids is 2. The number of hydrogen-bond donors (Lipinski definition) is 0. The van der Waals surface area contributed by atoms with Crippen molar-refractivity contribution in [1.29, 1.82) is 0 Å². The van der Waals surface area contributed by atoms with E-state index in [-0.39, 0.29) is 0 Å². The van der Waals surface area contributed by atoms with Gasteiger partial charge in [-0.1, -0.05) is 69.7 Å². The fourth-order valence-corrected chi connectivity index (χ4v) is 2.98. The first-order valence-corrected chi connectivity index (χ1v) is 10.2. The van der Waals surface area contributed by atoms with Crippen molar-refractivity contribution in [2.75, 3.05) is 6.61 Å². The average Bonchev–Trinajstić information content (AvgIpc) is 2.70. The predicted octanol–water partition coefficient (Wildman–Crippen LogP) is 7.00. The van der Waals surface area contributed by atoms with Gasteiger partial charge in [-0.3, -0.25) is 4.79 Å². The molecule has 0 fully saturated rings. The van der Waals surface area contributed by atoms with Crippen molar-refractivity contribution in [1.82, 2.24) is 0 Å². The molecule has 5 heteroatoms. The lowest BCUT2D eigenvalue weighted by Gasteiger charge is -2.07. The lowest BCUT2D eigenvalue weighted by Crippen LogP contribution is -2.11. The molecule has 28 heavy (non-hydrogen) atoms. The van der Waals surface area contributed by atoms with Gasteiger partial charge in [-0.2, -0.15) is 0 Å². The first-order valence-electron chi connectivity index (χ1n) is 9.85. The second kappa shape index (κ2) is 12.2. The van der Waals surface area contributed by atoms with E-state index in [9.17, 15) is 9.59 Å². The molecule has 0 amide bonds. The van der Waals surface area contributed by atoms with Gasteiger partial charge in [0.05, 0.1) is 6.61 Å². The summed E-state index contributed by atoms with van der Waals surface area (Å²) in [6.07, 6.45) is 7.50. The van der Waals surface area contributed by atoms with Crippen LogP contribution in [0, 0.1) is 0 Å². The van der Waals surface area contributed by atoms with E-state index in [2.05, 4.69) is 6.92 Å². The quantitative estimate of drug-likeness (QED) is 0.176. The Morgan fingerprint density at radius 3 is 1.89 bits per heavy atom. The standard InChI is InChI=1S/C23H27ClO4/c1-2-3-4-5-6-7-8-17-27-23(26)28-21-15-13-19(14-16-21)18-9-11-20(12-10-18)22(24)25/h9-16H,2-8,17H2,1H3. The fourth-order valence-electron chi connectivity index (χ4n) is 2.85. The summed E-state index contributed by atoms with van der Waals surface area (Å²) < 4.78 is 10.3. The second-order valence-corrected chi connectivity index (χ2v) is 7.04. The van der Waals surface area contributed by atoms with Crippen molar-refractivity contribution in [2.45, 2.75) is 51.9 Å². The minimum absolute atomic E-state index is 0.385. The van der Waals surface area contributed by atoms with Gasteiger partial charge < -0.3 is 9.47 Å². The molecular weight excluding hydrogens is 376 g/mol. The summed E-state index contributed by atoms with van der Waals surface area (Å²) in [7, 11) is 0. The van der Waals surface area contributed by atoms with E-state index in [4.69, 9.17) is 21.1 Å². The molecule has 2 aromatic rings. The zero-order chi connectivity index (χ0) is 20.2. The van der Waals surface area contributed by atoms with E-state index in [1.54, 1.807) is 24.3 Å². The summed E-state index contributed by atoms with van der Waals surface area (Å²) in [5.74, 6) is 0.431. The van der Waals surface area contributed by atoms with Gasteiger partial charge in [0.25, 0.3) is 5.24 Å². The molecule has 0 N–H and O–H groups in total. The highest BCUT2D eigenvalue weighted by Gasteiger charge is 2.07. The molecule has 4 nitrogen and oxygen atoms in total. The molecule has 0 heterocycles. The summed E-state index contributed by atoms with van der Waals surface area (Å²) >= 11 is 5.45. The summed E-state index contributed by atoms with van der Waals surface area (Å²) in [5, 5.41) is -0.481. The highest BCUT2D eigenvalue weighted by atomic mass is 35.5. The number of rotatable bonds is 11. The Kier molecular flexibility index (Phi) is 9.56. The van der Waals surface area contributed by atoms with Crippen molar-refractivity contribution < 1.29 is 19.1 Å². The molecule has 0 atom stereocenters. The van der Waals surface area contributed by atoms with Gasteiger partial charge >= 0.3 is 6.16 Å². The van der Waals surface area contributed by atoms with Crippen LogP contribution >= 0.6 is 11.6 Å². The van der Waals surface area contributed by atoms with Crippen LogP contribution in [0.5, 0.6) is 5.75 Å². The molecule has 2 rings (SSSR count). The number of unbranched alkanes of at least 4 members (excludes halogenated alkanes) is 6. The molecule has 0 saturated carbocycles. The third-order valence-corrected chi connectivity index (χ3v) is 4.69. The van der Waals surface area contributed by atoms with Crippen LogP contribution in [0.4, 0.5) is 4.79 Å². The predicted molar refractivity (Wildman–Crippen MR) is 112 cm³/mol. The summed E-state index contributed by atoms with van der Waals surface area (Å²) in [4.78, 5) is 22.9. The van der Waals surface area contributed by atoms with Crippen LogP contribution < -0.4 is 4.74 Å². The molecule has 0 bridgehead atoms. The van der Waals surface area contributed by atoms with Gasteiger partial charge in [-0.15, -0.1) is 0 Å². The van der Waals surface area contributed by atoms with Crippen LogP contribution in [0.15, 0.2) is 48.5 Å². The zero-order valence-corrected chi connectivity index (χ0v) is 17.0. The van der Waals surface area contributed by atoms with E-state index in [1.165, 1.54) is 32.1 Å². The number of hydrogen-bond acceptors (Lipinski definition) is 4. The highest BCUT2D eigenvalue weighted by molar-refractivity contribution is 6.67. The number of benzene rings is 2. The van der Waals surface area contributed by atoms with Gasteiger partial charge in [0.1, 0.15) is 5.75 Å². The number of carbonyl (C=O) groups is 2. The molecular formula is C23H27ClO4. The average molecular weight is 403 g/mol. The molecule has 0 aliphatic rings. The third-order valence-electron chi connectivity index (χ3n) is 4.47. The molecule has 2 aromatic carbocycles. The van der Waals surface area contributed by atoms with Gasteiger partial charge in [0.2, 0.25) is 0 Å². The van der Waals surface area contributed by atoms with Gasteiger partial charge in [0.15, 0.2) is 0 Å². The Bertz CT molecular complexity index is 738. The van der Waals surface area contributed by atoms with Crippen LogP contribution in [-0.4, -0.2) is 18.0 Å². The Hall–Kier alpha value is -2.33.